The Morgan fingerprint density at radius 3 is 2.89 bits per heavy atom. The molecule has 27 heavy (non-hydrogen) atoms. The van der Waals surface area contributed by atoms with Crippen molar-refractivity contribution in [2.24, 2.45) is 0 Å². The molecule has 0 atom stereocenters. The molecule has 0 fully saturated rings. The number of aromatic amines is 1. The van der Waals surface area contributed by atoms with Crippen LogP contribution >= 0.6 is 0 Å². The van der Waals surface area contributed by atoms with E-state index in [1.807, 2.05) is 24.3 Å². The van der Waals surface area contributed by atoms with E-state index < -0.39 is 0 Å². The number of anilines is 2. The van der Waals surface area contributed by atoms with Crippen LogP contribution in [0.3, 0.4) is 0 Å². The SMILES string of the molecule is CCCc1cc(C(=O)Nc2ccccc2CN2CCc3ccccc32)n[nH]1. The number of carbonyl (C=O) groups is 1. The van der Waals surface area contributed by atoms with E-state index in [2.05, 4.69) is 57.7 Å². The van der Waals surface area contributed by atoms with Crippen LogP contribution in [0.15, 0.2) is 54.6 Å². The molecule has 0 saturated heterocycles. The van der Waals surface area contributed by atoms with Crippen molar-refractivity contribution < 1.29 is 4.79 Å². The standard InChI is InChI=1S/C22H24N4O/c1-2-7-18-14-20(25-24-18)22(27)23-19-10-5-3-9-17(19)15-26-13-12-16-8-4-6-11-21(16)26/h3-6,8-11,14H,2,7,12-13,15H2,1H3,(H,23,27)(H,24,25). The highest BCUT2D eigenvalue weighted by Gasteiger charge is 2.20. The van der Waals surface area contributed by atoms with E-state index in [1.54, 1.807) is 0 Å². The number of benzene rings is 2. The van der Waals surface area contributed by atoms with Crippen LogP contribution in [0.2, 0.25) is 0 Å². The van der Waals surface area contributed by atoms with E-state index in [1.165, 1.54) is 11.3 Å². The van der Waals surface area contributed by atoms with Gasteiger partial charge in [0, 0.05) is 30.2 Å². The number of carbonyl (C=O) groups excluding carboxylic acids is 1. The predicted octanol–water partition coefficient (Wildman–Crippen LogP) is 4.18. The van der Waals surface area contributed by atoms with Gasteiger partial charge in [-0.15, -0.1) is 0 Å². The summed E-state index contributed by atoms with van der Waals surface area (Å²) in [4.78, 5) is 15.0. The van der Waals surface area contributed by atoms with Gasteiger partial charge in [0.25, 0.3) is 5.91 Å². The van der Waals surface area contributed by atoms with Crippen LogP contribution in [0.25, 0.3) is 0 Å². The van der Waals surface area contributed by atoms with Gasteiger partial charge in [-0.3, -0.25) is 9.89 Å². The first-order valence-corrected chi connectivity index (χ1v) is 9.51. The average Bonchev–Trinajstić information content (AvgIpc) is 3.31. The molecule has 3 aromatic rings. The molecule has 1 aliphatic heterocycles. The summed E-state index contributed by atoms with van der Waals surface area (Å²) in [5.74, 6) is -0.178. The third-order valence-electron chi connectivity index (χ3n) is 4.99. The first kappa shape index (κ1) is 17.3. The van der Waals surface area contributed by atoms with Gasteiger partial charge in [-0.25, -0.2) is 0 Å². The summed E-state index contributed by atoms with van der Waals surface area (Å²) in [6, 6.07) is 18.3. The second-order valence-corrected chi connectivity index (χ2v) is 6.94. The van der Waals surface area contributed by atoms with Crippen LogP contribution in [-0.2, 0) is 19.4 Å². The van der Waals surface area contributed by atoms with Crippen molar-refractivity contribution in [1.82, 2.24) is 10.2 Å². The number of aromatic nitrogens is 2. The maximum absolute atomic E-state index is 12.6. The van der Waals surface area contributed by atoms with E-state index in [4.69, 9.17) is 0 Å². The van der Waals surface area contributed by atoms with E-state index in [9.17, 15) is 4.79 Å². The molecule has 5 heteroatoms. The predicted molar refractivity (Wildman–Crippen MR) is 108 cm³/mol. The molecule has 0 bridgehead atoms. The molecule has 1 aliphatic rings. The van der Waals surface area contributed by atoms with Crippen LogP contribution in [0, 0.1) is 0 Å². The zero-order chi connectivity index (χ0) is 18.6. The summed E-state index contributed by atoms with van der Waals surface area (Å²) >= 11 is 0. The lowest BCUT2D eigenvalue weighted by Crippen LogP contribution is -2.21. The van der Waals surface area contributed by atoms with Crippen LogP contribution in [0.5, 0.6) is 0 Å². The lowest BCUT2D eigenvalue weighted by molar-refractivity contribution is 0.102. The Hall–Kier alpha value is -3.08. The Bertz CT molecular complexity index is 947. The Morgan fingerprint density at radius 2 is 2.00 bits per heavy atom. The fourth-order valence-corrected chi connectivity index (χ4v) is 3.62. The molecule has 2 heterocycles. The highest BCUT2D eigenvalue weighted by molar-refractivity contribution is 6.03. The molecule has 0 unspecified atom stereocenters. The maximum Gasteiger partial charge on any atom is 0.276 e. The largest absolute Gasteiger partial charge is 0.367 e. The Kier molecular flexibility index (Phi) is 4.92. The van der Waals surface area contributed by atoms with Crippen molar-refractivity contribution in [3.8, 4) is 0 Å². The highest BCUT2D eigenvalue weighted by atomic mass is 16.1. The van der Waals surface area contributed by atoms with E-state index >= 15 is 0 Å². The summed E-state index contributed by atoms with van der Waals surface area (Å²) in [5, 5.41) is 10.1. The van der Waals surface area contributed by atoms with E-state index in [-0.39, 0.29) is 5.91 Å². The number of aryl methyl sites for hydroxylation is 1. The summed E-state index contributed by atoms with van der Waals surface area (Å²) < 4.78 is 0. The average molecular weight is 360 g/mol. The monoisotopic (exact) mass is 360 g/mol. The third-order valence-corrected chi connectivity index (χ3v) is 4.99. The fraction of sp³-hybridized carbons (Fsp3) is 0.273. The van der Waals surface area contributed by atoms with Gasteiger partial charge in [0.1, 0.15) is 0 Å². The number of para-hydroxylation sites is 2. The number of fused-ring (bicyclic) bond motifs is 1. The lowest BCUT2D eigenvalue weighted by Gasteiger charge is -2.21. The van der Waals surface area contributed by atoms with Gasteiger partial charge >= 0.3 is 0 Å². The van der Waals surface area contributed by atoms with Gasteiger partial charge in [-0.05, 0) is 42.2 Å². The minimum Gasteiger partial charge on any atom is -0.367 e. The lowest BCUT2D eigenvalue weighted by atomic mass is 10.1. The van der Waals surface area contributed by atoms with Gasteiger partial charge in [0.2, 0.25) is 0 Å². The molecule has 5 nitrogen and oxygen atoms in total. The quantitative estimate of drug-likeness (QED) is 0.693. The number of hydrogen-bond acceptors (Lipinski definition) is 3. The zero-order valence-electron chi connectivity index (χ0n) is 15.5. The number of H-pyrrole nitrogens is 1. The van der Waals surface area contributed by atoms with Crippen molar-refractivity contribution in [2.75, 3.05) is 16.8 Å². The molecule has 2 N–H and O–H groups in total. The van der Waals surface area contributed by atoms with Crippen molar-refractivity contribution in [3.63, 3.8) is 0 Å². The van der Waals surface area contributed by atoms with Gasteiger partial charge < -0.3 is 10.2 Å². The smallest absolute Gasteiger partial charge is 0.276 e. The summed E-state index contributed by atoms with van der Waals surface area (Å²) in [7, 11) is 0. The second-order valence-electron chi connectivity index (χ2n) is 6.94. The van der Waals surface area contributed by atoms with Crippen molar-refractivity contribution in [3.05, 3.63) is 77.1 Å². The summed E-state index contributed by atoms with van der Waals surface area (Å²) in [6.07, 6.45) is 2.98. The molecule has 1 aromatic heterocycles. The molecule has 0 aliphatic carbocycles. The summed E-state index contributed by atoms with van der Waals surface area (Å²) in [6.45, 7) is 3.88. The van der Waals surface area contributed by atoms with Crippen LogP contribution in [0.1, 0.15) is 40.7 Å². The van der Waals surface area contributed by atoms with Crippen molar-refractivity contribution in [2.45, 2.75) is 32.7 Å². The molecule has 2 aromatic carbocycles. The topological polar surface area (TPSA) is 61.0 Å². The zero-order valence-corrected chi connectivity index (χ0v) is 15.5. The summed E-state index contributed by atoms with van der Waals surface area (Å²) in [5.41, 5.74) is 6.04. The molecule has 138 valence electrons. The minimum atomic E-state index is -0.178. The minimum absolute atomic E-state index is 0.178. The molecule has 4 rings (SSSR count). The fourth-order valence-electron chi connectivity index (χ4n) is 3.62. The number of rotatable bonds is 6. The van der Waals surface area contributed by atoms with Crippen molar-refractivity contribution >= 4 is 17.3 Å². The number of hydrogen-bond donors (Lipinski definition) is 2. The van der Waals surface area contributed by atoms with Gasteiger partial charge in [0.05, 0.1) is 0 Å². The molecule has 1 amide bonds. The van der Waals surface area contributed by atoms with Crippen LogP contribution in [-0.4, -0.2) is 22.6 Å². The highest BCUT2D eigenvalue weighted by Crippen LogP contribution is 2.30. The molecule has 0 radical (unpaired) electrons. The van der Waals surface area contributed by atoms with Gasteiger partial charge in [-0.2, -0.15) is 5.10 Å². The molecule has 0 spiro atoms. The maximum atomic E-state index is 12.6. The Balaban J connectivity index is 1.50. The first-order chi connectivity index (χ1) is 13.2. The number of nitrogens with one attached hydrogen (secondary N) is 2. The molecular formula is C22H24N4O. The van der Waals surface area contributed by atoms with Gasteiger partial charge in [0.15, 0.2) is 5.69 Å². The van der Waals surface area contributed by atoms with Crippen LogP contribution in [0.4, 0.5) is 11.4 Å². The molecular weight excluding hydrogens is 336 g/mol. The second kappa shape index (κ2) is 7.66. The van der Waals surface area contributed by atoms with E-state index in [0.29, 0.717) is 5.69 Å². The van der Waals surface area contributed by atoms with Crippen LogP contribution < -0.4 is 10.2 Å². The van der Waals surface area contributed by atoms with Crippen molar-refractivity contribution in [1.29, 1.82) is 0 Å². The molecule has 0 saturated carbocycles. The Labute approximate surface area is 159 Å². The third kappa shape index (κ3) is 3.72. The number of nitrogens with zero attached hydrogens (tertiary/aromatic N) is 2. The normalized spacial score (nSPS) is 12.9. The van der Waals surface area contributed by atoms with E-state index in [0.717, 1.165) is 49.3 Å². The number of amides is 1. The Morgan fingerprint density at radius 1 is 1.19 bits per heavy atom. The first-order valence-electron chi connectivity index (χ1n) is 9.51. The van der Waals surface area contributed by atoms with Gasteiger partial charge in [-0.1, -0.05) is 49.7 Å².